The van der Waals surface area contributed by atoms with E-state index < -0.39 is 34.9 Å². The highest BCUT2D eigenvalue weighted by Crippen LogP contribution is 2.19. The van der Waals surface area contributed by atoms with Crippen LogP contribution in [-0.4, -0.2) is 47.2 Å². The first-order chi connectivity index (χ1) is 10.3. The molecule has 0 unspecified atom stereocenters. The van der Waals surface area contributed by atoms with Crippen LogP contribution in [-0.2, 0) is 4.74 Å². The van der Waals surface area contributed by atoms with Crippen LogP contribution in [0.1, 0.15) is 55.3 Å². The van der Waals surface area contributed by atoms with Gasteiger partial charge in [0.2, 0.25) is 0 Å². The third-order valence-corrected chi connectivity index (χ3v) is 2.70. The fourth-order valence-corrected chi connectivity index (χ4v) is 1.77. The van der Waals surface area contributed by atoms with Gasteiger partial charge >= 0.3 is 17.9 Å². The molecule has 0 radical (unpaired) electrons. The SMILES string of the molecule is CCNC(=O)c1cc(C(=O)OCC)c(C(=O)O)cc1C(=O)O. The fourth-order valence-electron chi connectivity index (χ4n) is 1.77. The molecule has 1 aromatic rings. The second-order valence-corrected chi connectivity index (χ2v) is 4.13. The molecule has 8 heteroatoms. The van der Waals surface area contributed by atoms with Crippen LogP contribution in [0.25, 0.3) is 0 Å². The third kappa shape index (κ3) is 3.60. The first-order valence-corrected chi connectivity index (χ1v) is 6.43. The van der Waals surface area contributed by atoms with Crippen LogP contribution in [0, 0.1) is 0 Å². The lowest BCUT2D eigenvalue weighted by Gasteiger charge is -2.11. The van der Waals surface area contributed by atoms with Gasteiger partial charge in [0.1, 0.15) is 0 Å². The molecule has 0 saturated carbocycles. The minimum Gasteiger partial charge on any atom is -0.478 e. The van der Waals surface area contributed by atoms with Crippen LogP contribution >= 0.6 is 0 Å². The molecule has 0 atom stereocenters. The molecule has 0 fully saturated rings. The molecule has 0 aliphatic carbocycles. The lowest BCUT2D eigenvalue weighted by atomic mass is 9.97. The maximum absolute atomic E-state index is 11.9. The van der Waals surface area contributed by atoms with Gasteiger partial charge in [-0.1, -0.05) is 0 Å². The smallest absolute Gasteiger partial charge is 0.339 e. The normalized spacial score (nSPS) is 9.91. The summed E-state index contributed by atoms with van der Waals surface area (Å²) in [6, 6.07) is 1.71. The molecule has 0 aliphatic rings. The number of nitrogens with one attached hydrogen (secondary N) is 1. The Labute approximate surface area is 125 Å². The molecule has 1 aromatic carbocycles. The number of hydrogen-bond acceptors (Lipinski definition) is 5. The second-order valence-electron chi connectivity index (χ2n) is 4.13. The minimum atomic E-state index is -1.49. The average molecular weight is 309 g/mol. The lowest BCUT2D eigenvalue weighted by Crippen LogP contribution is -2.26. The van der Waals surface area contributed by atoms with Crippen molar-refractivity contribution in [1.29, 1.82) is 0 Å². The predicted molar refractivity (Wildman–Crippen MR) is 74.3 cm³/mol. The van der Waals surface area contributed by atoms with Crippen molar-refractivity contribution in [3.63, 3.8) is 0 Å². The Morgan fingerprint density at radius 1 is 0.955 bits per heavy atom. The van der Waals surface area contributed by atoms with Gasteiger partial charge in [0.05, 0.1) is 28.9 Å². The number of esters is 1. The van der Waals surface area contributed by atoms with Crippen LogP contribution in [0.3, 0.4) is 0 Å². The summed E-state index contributed by atoms with van der Waals surface area (Å²) in [7, 11) is 0. The first kappa shape index (κ1) is 17.2. The quantitative estimate of drug-likeness (QED) is 0.668. The number of carbonyl (C=O) groups is 4. The maximum Gasteiger partial charge on any atom is 0.339 e. The summed E-state index contributed by atoms with van der Waals surface area (Å²) in [5.41, 5.74) is -1.72. The highest BCUT2D eigenvalue weighted by Gasteiger charge is 2.25. The number of ether oxygens (including phenoxy) is 1. The van der Waals surface area contributed by atoms with Crippen molar-refractivity contribution in [3.05, 3.63) is 34.4 Å². The summed E-state index contributed by atoms with van der Waals surface area (Å²) in [5, 5.41) is 20.7. The van der Waals surface area contributed by atoms with E-state index in [1.165, 1.54) is 6.92 Å². The van der Waals surface area contributed by atoms with Gasteiger partial charge in [-0.25, -0.2) is 14.4 Å². The van der Waals surface area contributed by atoms with Crippen molar-refractivity contribution in [2.24, 2.45) is 0 Å². The Morgan fingerprint density at radius 2 is 1.45 bits per heavy atom. The zero-order valence-electron chi connectivity index (χ0n) is 12.0. The van der Waals surface area contributed by atoms with Crippen molar-refractivity contribution >= 4 is 23.8 Å². The van der Waals surface area contributed by atoms with Crippen molar-refractivity contribution in [2.75, 3.05) is 13.2 Å². The van der Waals surface area contributed by atoms with E-state index in [9.17, 15) is 19.2 Å². The standard InChI is InChI=1S/C14H15NO7/c1-3-15-11(16)7-5-10(14(21)22-4-2)9(13(19)20)6-8(7)12(17)18/h5-6H,3-4H2,1-2H3,(H,15,16)(H,17,18)(H,19,20). The molecular formula is C14H15NO7. The second kappa shape index (κ2) is 7.21. The largest absolute Gasteiger partial charge is 0.478 e. The van der Waals surface area contributed by atoms with Gasteiger partial charge in [-0.2, -0.15) is 0 Å². The van der Waals surface area contributed by atoms with E-state index in [0.29, 0.717) is 0 Å². The zero-order valence-corrected chi connectivity index (χ0v) is 12.0. The molecule has 0 aliphatic heterocycles. The summed E-state index contributed by atoms with van der Waals surface area (Å²) in [4.78, 5) is 46.2. The molecule has 0 bridgehead atoms. The van der Waals surface area contributed by atoms with E-state index in [4.69, 9.17) is 14.9 Å². The Balaban J connectivity index is 3.58. The highest BCUT2D eigenvalue weighted by atomic mass is 16.5. The number of amides is 1. The number of carboxylic acids is 2. The molecule has 118 valence electrons. The number of aromatic carboxylic acids is 2. The average Bonchev–Trinajstić information content (AvgIpc) is 2.46. The molecular weight excluding hydrogens is 294 g/mol. The van der Waals surface area contributed by atoms with E-state index in [-0.39, 0.29) is 24.3 Å². The summed E-state index contributed by atoms with van der Waals surface area (Å²) in [6.07, 6.45) is 0. The van der Waals surface area contributed by atoms with Crippen LogP contribution in [0.2, 0.25) is 0 Å². The highest BCUT2D eigenvalue weighted by molar-refractivity contribution is 6.10. The molecule has 22 heavy (non-hydrogen) atoms. The number of benzene rings is 1. The topological polar surface area (TPSA) is 130 Å². The predicted octanol–water partition coefficient (Wildman–Crippen LogP) is 1.01. The van der Waals surface area contributed by atoms with Crippen LogP contribution < -0.4 is 5.32 Å². The Hall–Kier alpha value is -2.90. The molecule has 3 N–H and O–H groups in total. The van der Waals surface area contributed by atoms with E-state index in [0.717, 1.165) is 12.1 Å². The van der Waals surface area contributed by atoms with Gasteiger partial charge in [-0.15, -0.1) is 0 Å². The van der Waals surface area contributed by atoms with E-state index in [1.54, 1.807) is 6.92 Å². The van der Waals surface area contributed by atoms with Crippen LogP contribution in [0.5, 0.6) is 0 Å². The summed E-state index contributed by atoms with van der Waals surface area (Å²) in [6.45, 7) is 3.42. The zero-order chi connectivity index (χ0) is 16.9. The monoisotopic (exact) mass is 309 g/mol. The van der Waals surface area contributed by atoms with E-state index in [1.807, 2.05) is 0 Å². The first-order valence-electron chi connectivity index (χ1n) is 6.43. The summed E-state index contributed by atoms with van der Waals surface area (Å²) in [5.74, 6) is -4.63. The molecule has 1 amide bonds. The van der Waals surface area contributed by atoms with Crippen LogP contribution in [0.15, 0.2) is 12.1 Å². The van der Waals surface area contributed by atoms with Gasteiger partial charge in [-0.05, 0) is 26.0 Å². The number of hydrogen-bond donors (Lipinski definition) is 3. The number of carboxylic acid groups (broad SMARTS) is 2. The van der Waals surface area contributed by atoms with Crippen LogP contribution in [0.4, 0.5) is 0 Å². The molecule has 0 aromatic heterocycles. The molecule has 0 heterocycles. The molecule has 8 nitrogen and oxygen atoms in total. The van der Waals surface area contributed by atoms with Crippen molar-refractivity contribution < 1.29 is 34.1 Å². The van der Waals surface area contributed by atoms with Gasteiger partial charge in [0, 0.05) is 6.54 Å². The minimum absolute atomic E-state index is 0.00899. The molecule has 0 spiro atoms. The Bertz CT molecular complexity index is 585. The molecule has 1 rings (SSSR count). The summed E-state index contributed by atoms with van der Waals surface area (Å²) >= 11 is 0. The molecule has 0 saturated heterocycles. The number of carbonyl (C=O) groups excluding carboxylic acids is 2. The van der Waals surface area contributed by atoms with E-state index >= 15 is 0 Å². The Morgan fingerprint density at radius 3 is 1.91 bits per heavy atom. The fraction of sp³-hybridized carbons (Fsp3) is 0.286. The van der Waals surface area contributed by atoms with Crippen molar-refractivity contribution in [3.8, 4) is 0 Å². The number of rotatable bonds is 6. The summed E-state index contributed by atoms with van der Waals surface area (Å²) < 4.78 is 4.73. The third-order valence-electron chi connectivity index (χ3n) is 2.70. The Kier molecular flexibility index (Phi) is 5.62. The van der Waals surface area contributed by atoms with Gasteiger partial charge in [-0.3, -0.25) is 4.79 Å². The van der Waals surface area contributed by atoms with Gasteiger partial charge in [0.25, 0.3) is 5.91 Å². The van der Waals surface area contributed by atoms with Crippen molar-refractivity contribution in [1.82, 2.24) is 5.32 Å². The van der Waals surface area contributed by atoms with Gasteiger partial charge < -0.3 is 20.3 Å². The van der Waals surface area contributed by atoms with Gasteiger partial charge in [0.15, 0.2) is 0 Å². The maximum atomic E-state index is 11.9. The lowest BCUT2D eigenvalue weighted by molar-refractivity contribution is 0.0513. The van der Waals surface area contributed by atoms with Crippen molar-refractivity contribution in [2.45, 2.75) is 13.8 Å². The van der Waals surface area contributed by atoms with E-state index in [2.05, 4.69) is 5.32 Å².